The Balaban J connectivity index is 2.12. The number of rotatable bonds is 3. The Morgan fingerprint density at radius 3 is 2.68 bits per heavy atom. The molecular weight excluding hydrogens is 252 g/mol. The lowest BCUT2D eigenvalue weighted by Crippen LogP contribution is -2.46. The van der Waals surface area contributed by atoms with Crippen LogP contribution in [-0.4, -0.2) is 29.6 Å². The van der Waals surface area contributed by atoms with Crippen LogP contribution in [0.4, 0.5) is 13.6 Å². The molecule has 1 aromatic rings. The Bertz CT molecular complexity index is 499. The van der Waals surface area contributed by atoms with Gasteiger partial charge in [-0.05, 0) is 31.5 Å². The normalized spacial score (nSPS) is 19.7. The number of halogens is 2. The third kappa shape index (κ3) is 3.20. The van der Waals surface area contributed by atoms with Crippen LogP contribution in [0.2, 0.25) is 0 Å². The molecule has 1 atom stereocenters. The molecule has 1 aromatic carbocycles. The lowest BCUT2D eigenvalue weighted by molar-refractivity contribution is 0.207. The topological polar surface area (TPSA) is 58.4 Å². The van der Waals surface area contributed by atoms with Crippen LogP contribution in [0.15, 0.2) is 18.2 Å². The number of urea groups is 1. The number of hydrogen-bond donors (Lipinski definition) is 2. The summed E-state index contributed by atoms with van der Waals surface area (Å²) in [5.74, 6) is -1.81. The fourth-order valence-electron chi connectivity index (χ4n) is 2.14. The van der Waals surface area contributed by atoms with Crippen molar-refractivity contribution < 1.29 is 13.6 Å². The SMILES string of the molecule is CC(C)(N)CN1CC(c2ccc(F)c(F)c2)NC1=O. The molecule has 1 heterocycles. The zero-order chi connectivity index (χ0) is 14.2. The Kier molecular flexibility index (Phi) is 3.45. The maximum absolute atomic E-state index is 13.2. The van der Waals surface area contributed by atoms with Crippen molar-refractivity contribution in [2.45, 2.75) is 25.4 Å². The molecule has 1 unspecified atom stereocenters. The third-order valence-electron chi connectivity index (χ3n) is 2.93. The van der Waals surface area contributed by atoms with Gasteiger partial charge in [0.1, 0.15) is 0 Å². The monoisotopic (exact) mass is 269 g/mol. The van der Waals surface area contributed by atoms with E-state index in [2.05, 4.69) is 5.32 Å². The number of amides is 2. The maximum atomic E-state index is 13.2. The number of carbonyl (C=O) groups excluding carboxylic acids is 1. The molecule has 0 aromatic heterocycles. The standard InChI is InChI=1S/C13H17F2N3O/c1-13(2,16)7-18-6-11(17-12(18)19)8-3-4-9(14)10(15)5-8/h3-5,11H,6-7,16H2,1-2H3,(H,17,19). The van der Waals surface area contributed by atoms with Crippen molar-refractivity contribution >= 4 is 6.03 Å². The van der Waals surface area contributed by atoms with Crippen LogP contribution in [0.1, 0.15) is 25.5 Å². The van der Waals surface area contributed by atoms with Crippen LogP contribution in [0.5, 0.6) is 0 Å². The summed E-state index contributed by atoms with van der Waals surface area (Å²) in [5, 5.41) is 2.73. The smallest absolute Gasteiger partial charge is 0.318 e. The van der Waals surface area contributed by atoms with Gasteiger partial charge in [-0.2, -0.15) is 0 Å². The summed E-state index contributed by atoms with van der Waals surface area (Å²) < 4.78 is 26.0. The van der Waals surface area contributed by atoms with Crippen molar-refractivity contribution in [1.82, 2.24) is 10.2 Å². The van der Waals surface area contributed by atoms with E-state index in [0.29, 0.717) is 18.7 Å². The summed E-state index contributed by atoms with van der Waals surface area (Å²) in [4.78, 5) is 13.4. The van der Waals surface area contributed by atoms with Crippen LogP contribution >= 0.6 is 0 Å². The molecule has 2 amide bonds. The van der Waals surface area contributed by atoms with E-state index >= 15 is 0 Å². The molecule has 2 rings (SSSR count). The van der Waals surface area contributed by atoms with Crippen molar-refractivity contribution in [3.8, 4) is 0 Å². The molecule has 0 radical (unpaired) electrons. The Morgan fingerprint density at radius 2 is 2.11 bits per heavy atom. The molecule has 1 aliphatic heterocycles. The van der Waals surface area contributed by atoms with Crippen molar-refractivity contribution in [2.24, 2.45) is 5.73 Å². The molecule has 1 fully saturated rings. The highest BCUT2D eigenvalue weighted by atomic mass is 19.2. The largest absolute Gasteiger partial charge is 0.329 e. The first-order valence-corrected chi connectivity index (χ1v) is 6.05. The minimum Gasteiger partial charge on any atom is -0.329 e. The van der Waals surface area contributed by atoms with Gasteiger partial charge in [-0.15, -0.1) is 0 Å². The van der Waals surface area contributed by atoms with Crippen LogP contribution in [0, 0.1) is 11.6 Å². The second kappa shape index (κ2) is 4.77. The number of carbonyl (C=O) groups is 1. The van der Waals surface area contributed by atoms with E-state index in [0.717, 1.165) is 12.1 Å². The number of nitrogens with two attached hydrogens (primary N) is 1. The minimum absolute atomic E-state index is 0.242. The van der Waals surface area contributed by atoms with E-state index in [1.807, 2.05) is 13.8 Å². The van der Waals surface area contributed by atoms with Crippen LogP contribution in [0.3, 0.4) is 0 Å². The zero-order valence-corrected chi connectivity index (χ0v) is 10.9. The molecule has 1 aliphatic rings. The van der Waals surface area contributed by atoms with E-state index in [1.54, 1.807) is 4.90 Å². The number of benzene rings is 1. The van der Waals surface area contributed by atoms with Crippen LogP contribution in [-0.2, 0) is 0 Å². The van der Waals surface area contributed by atoms with E-state index < -0.39 is 17.2 Å². The van der Waals surface area contributed by atoms with E-state index in [-0.39, 0.29) is 12.1 Å². The molecule has 0 spiro atoms. The Labute approximate surface area is 110 Å². The lowest BCUT2D eigenvalue weighted by atomic mass is 10.1. The van der Waals surface area contributed by atoms with E-state index in [1.165, 1.54) is 6.07 Å². The molecule has 104 valence electrons. The fourth-order valence-corrected chi connectivity index (χ4v) is 2.14. The van der Waals surface area contributed by atoms with Crippen molar-refractivity contribution in [3.05, 3.63) is 35.4 Å². The van der Waals surface area contributed by atoms with Gasteiger partial charge < -0.3 is 16.0 Å². The molecule has 0 bridgehead atoms. The molecule has 0 aliphatic carbocycles. The lowest BCUT2D eigenvalue weighted by Gasteiger charge is -2.25. The van der Waals surface area contributed by atoms with Gasteiger partial charge in [-0.25, -0.2) is 13.6 Å². The molecule has 6 heteroatoms. The molecule has 1 saturated heterocycles. The van der Waals surface area contributed by atoms with Crippen molar-refractivity contribution in [2.75, 3.05) is 13.1 Å². The highest BCUT2D eigenvalue weighted by Gasteiger charge is 2.32. The first-order valence-electron chi connectivity index (χ1n) is 6.05. The predicted molar refractivity (Wildman–Crippen MR) is 67.5 cm³/mol. The predicted octanol–water partition coefficient (Wildman–Crippen LogP) is 1.77. The first kappa shape index (κ1) is 13.7. The van der Waals surface area contributed by atoms with Gasteiger partial charge in [0, 0.05) is 18.6 Å². The van der Waals surface area contributed by atoms with Gasteiger partial charge in [-0.1, -0.05) is 6.07 Å². The van der Waals surface area contributed by atoms with Crippen molar-refractivity contribution in [3.63, 3.8) is 0 Å². The Morgan fingerprint density at radius 1 is 1.42 bits per heavy atom. The zero-order valence-electron chi connectivity index (χ0n) is 10.9. The highest BCUT2D eigenvalue weighted by Crippen LogP contribution is 2.22. The van der Waals surface area contributed by atoms with Gasteiger partial charge >= 0.3 is 6.03 Å². The van der Waals surface area contributed by atoms with Gasteiger partial charge in [0.2, 0.25) is 0 Å². The van der Waals surface area contributed by atoms with Crippen LogP contribution < -0.4 is 11.1 Å². The molecule has 4 nitrogen and oxygen atoms in total. The maximum Gasteiger partial charge on any atom is 0.318 e. The van der Waals surface area contributed by atoms with E-state index in [9.17, 15) is 13.6 Å². The van der Waals surface area contributed by atoms with Gasteiger partial charge in [0.15, 0.2) is 11.6 Å². The average Bonchev–Trinajstić information content (AvgIpc) is 2.62. The van der Waals surface area contributed by atoms with Gasteiger partial charge in [-0.3, -0.25) is 0 Å². The summed E-state index contributed by atoms with van der Waals surface area (Å²) in [7, 11) is 0. The highest BCUT2D eigenvalue weighted by molar-refractivity contribution is 5.77. The number of hydrogen-bond acceptors (Lipinski definition) is 2. The minimum atomic E-state index is -0.913. The molecule has 3 N–H and O–H groups in total. The van der Waals surface area contributed by atoms with Crippen molar-refractivity contribution in [1.29, 1.82) is 0 Å². The second-order valence-corrected chi connectivity index (χ2v) is 5.54. The Hall–Kier alpha value is -1.69. The van der Waals surface area contributed by atoms with E-state index in [4.69, 9.17) is 5.73 Å². The quantitative estimate of drug-likeness (QED) is 0.878. The first-order chi connectivity index (χ1) is 8.76. The van der Waals surface area contributed by atoms with Gasteiger partial charge in [0.25, 0.3) is 0 Å². The average molecular weight is 269 g/mol. The summed E-state index contributed by atoms with van der Waals surface area (Å²) in [5.41, 5.74) is 5.92. The fraction of sp³-hybridized carbons (Fsp3) is 0.462. The molecule has 19 heavy (non-hydrogen) atoms. The summed E-state index contributed by atoms with van der Waals surface area (Å²) in [6, 6.07) is 3.06. The second-order valence-electron chi connectivity index (χ2n) is 5.54. The summed E-state index contributed by atoms with van der Waals surface area (Å²) >= 11 is 0. The summed E-state index contributed by atoms with van der Waals surface area (Å²) in [6.07, 6.45) is 0. The van der Waals surface area contributed by atoms with Gasteiger partial charge in [0.05, 0.1) is 6.04 Å². The van der Waals surface area contributed by atoms with Crippen LogP contribution in [0.25, 0.3) is 0 Å². The molecular formula is C13H17F2N3O. The third-order valence-corrected chi connectivity index (χ3v) is 2.93. The summed E-state index contributed by atoms with van der Waals surface area (Å²) in [6.45, 7) is 4.44. The molecule has 0 saturated carbocycles. The number of nitrogens with one attached hydrogen (secondary N) is 1. The number of nitrogens with zero attached hydrogens (tertiary/aromatic N) is 1.